The highest BCUT2D eigenvalue weighted by molar-refractivity contribution is 5.96. The van der Waals surface area contributed by atoms with Crippen LogP contribution in [0.15, 0.2) is 66.7 Å². The van der Waals surface area contributed by atoms with Gasteiger partial charge in [-0.1, -0.05) is 54.6 Å². The number of fused-ring (bicyclic) bond motifs is 2. The first kappa shape index (κ1) is 24.2. The summed E-state index contributed by atoms with van der Waals surface area (Å²) in [5.74, 6) is -0.494. The summed E-state index contributed by atoms with van der Waals surface area (Å²) in [6.45, 7) is 2.09. The van der Waals surface area contributed by atoms with Gasteiger partial charge in [0, 0.05) is 14.1 Å². The Morgan fingerprint density at radius 1 is 0.722 bits per heavy atom. The summed E-state index contributed by atoms with van der Waals surface area (Å²) in [5, 5.41) is 0. The summed E-state index contributed by atoms with van der Waals surface area (Å²) in [6, 6.07) is 21.4. The summed E-state index contributed by atoms with van der Waals surface area (Å²) in [6.07, 6.45) is 1.39. The van der Waals surface area contributed by atoms with Crippen LogP contribution in [0.3, 0.4) is 0 Å². The van der Waals surface area contributed by atoms with Crippen LogP contribution < -0.4 is 0 Å². The molecular weight excluding hydrogens is 454 g/mol. The van der Waals surface area contributed by atoms with Gasteiger partial charge in [0.2, 0.25) is 0 Å². The van der Waals surface area contributed by atoms with Crippen molar-refractivity contribution in [3.63, 3.8) is 0 Å². The molecule has 186 valence electrons. The first-order valence-corrected chi connectivity index (χ1v) is 12.4. The van der Waals surface area contributed by atoms with Crippen LogP contribution in [-0.4, -0.2) is 67.0 Å². The second-order valence-corrected chi connectivity index (χ2v) is 9.40. The SMILES string of the molecule is CN(CC1OCCc2ccccc21)C(=O)c1cccc(C(=O)N(C)CC2OCCc3ccccc32)n1. The summed E-state index contributed by atoms with van der Waals surface area (Å²) in [7, 11) is 3.48. The largest absolute Gasteiger partial charge is 0.371 e. The van der Waals surface area contributed by atoms with Gasteiger partial charge < -0.3 is 19.3 Å². The van der Waals surface area contributed by atoms with Gasteiger partial charge in [-0.3, -0.25) is 9.59 Å². The molecule has 2 unspecified atom stereocenters. The number of carbonyl (C=O) groups is 2. The molecule has 0 radical (unpaired) electrons. The molecule has 0 saturated carbocycles. The predicted octanol–water partition coefficient (Wildman–Crippen LogP) is 3.85. The van der Waals surface area contributed by atoms with Gasteiger partial charge in [-0.2, -0.15) is 0 Å². The predicted molar refractivity (Wildman–Crippen MR) is 136 cm³/mol. The smallest absolute Gasteiger partial charge is 0.272 e. The standard InChI is InChI=1S/C29H31N3O4/c1-31(18-26-22-10-5-3-8-20(22)14-16-35-26)28(33)24-12-7-13-25(30-24)29(34)32(2)19-27-23-11-6-4-9-21(23)15-17-36-27/h3-13,26-27H,14-19H2,1-2H3. The van der Waals surface area contributed by atoms with Crippen molar-refractivity contribution in [2.45, 2.75) is 25.0 Å². The fourth-order valence-corrected chi connectivity index (χ4v) is 4.98. The zero-order valence-electron chi connectivity index (χ0n) is 20.7. The van der Waals surface area contributed by atoms with Crippen LogP contribution >= 0.6 is 0 Å². The Hall–Kier alpha value is -3.55. The summed E-state index contributed by atoms with van der Waals surface area (Å²) < 4.78 is 11.9. The molecule has 3 heterocycles. The fourth-order valence-electron chi connectivity index (χ4n) is 4.98. The summed E-state index contributed by atoms with van der Waals surface area (Å²) in [4.78, 5) is 34.0. The Labute approximate surface area is 211 Å². The van der Waals surface area contributed by atoms with Crippen molar-refractivity contribution in [1.29, 1.82) is 0 Å². The Balaban J connectivity index is 1.26. The maximum Gasteiger partial charge on any atom is 0.272 e. The second-order valence-electron chi connectivity index (χ2n) is 9.40. The van der Waals surface area contributed by atoms with Crippen LogP contribution in [0.2, 0.25) is 0 Å². The van der Waals surface area contributed by atoms with E-state index in [9.17, 15) is 9.59 Å². The van der Waals surface area contributed by atoms with Crippen molar-refractivity contribution in [3.05, 3.63) is 100 Å². The van der Waals surface area contributed by atoms with Gasteiger partial charge in [0.1, 0.15) is 23.6 Å². The van der Waals surface area contributed by atoms with E-state index >= 15 is 0 Å². The molecule has 7 nitrogen and oxygen atoms in total. The molecule has 7 heteroatoms. The van der Waals surface area contributed by atoms with Crippen LogP contribution in [0.5, 0.6) is 0 Å². The average Bonchev–Trinajstić information content (AvgIpc) is 2.92. The van der Waals surface area contributed by atoms with Crippen LogP contribution in [0.1, 0.15) is 55.4 Å². The monoisotopic (exact) mass is 485 g/mol. The zero-order chi connectivity index (χ0) is 25.1. The quantitative estimate of drug-likeness (QED) is 0.530. The van der Waals surface area contributed by atoms with Crippen molar-refractivity contribution >= 4 is 11.8 Å². The van der Waals surface area contributed by atoms with E-state index in [2.05, 4.69) is 29.2 Å². The lowest BCUT2D eigenvalue weighted by Crippen LogP contribution is -2.36. The van der Waals surface area contributed by atoms with Crippen LogP contribution in [-0.2, 0) is 22.3 Å². The number of amides is 2. The summed E-state index contributed by atoms with van der Waals surface area (Å²) in [5.41, 5.74) is 5.22. The third kappa shape index (κ3) is 5.03. The first-order valence-electron chi connectivity index (χ1n) is 12.4. The Bertz CT molecular complexity index is 1170. The van der Waals surface area contributed by atoms with Crippen molar-refractivity contribution in [1.82, 2.24) is 14.8 Å². The van der Waals surface area contributed by atoms with Gasteiger partial charge in [0.25, 0.3) is 11.8 Å². The molecule has 2 aliphatic rings. The van der Waals surface area contributed by atoms with Crippen LogP contribution in [0.4, 0.5) is 0 Å². The Kier molecular flexibility index (Phi) is 7.11. The third-order valence-electron chi connectivity index (χ3n) is 6.94. The molecule has 3 aromatic rings. The number of rotatable bonds is 6. The Morgan fingerprint density at radius 2 is 1.17 bits per heavy atom. The van der Waals surface area contributed by atoms with Crippen LogP contribution in [0.25, 0.3) is 0 Å². The van der Waals surface area contributed by atoms with Gasteiger partial charge in [-0.15, -0.1) is 0 Å². The Morgan fingerprint density at radius 3 is 1.64 bits per heavy atom. The van der Waals surface area contributed by atoms with E-state index in [-0.39, 0.29) is 35.4 Å². The second kappa shape index (κ2) is 10.6. The van der Waals surface area contributed by atoms with E-state index in [0.717, 1.165) is 24.0 Å². The molecule has 0 spiro atoms. The minimum atomic E-state index is -0.247. The maximum absolute atomic E-state index is 13.2. The molecule has 0 aliphatic carbocycles. The van der Waals surface area contributed by atoms with Gasteiger partial charge in [0.05, 0.1) is 26.3 Å². The molecular formula is C29H31N3O4. The van der Waals surface area contributed by atoms with Crippen molar-refractivity contribution in [2.75, 3.05) is 40.4 Å². The first-order chi connectivity index (χ1) is 17.5. The fraction of sp³-hybridized carbons (Fsp3) is 0.345. The molecule has 0 fully saturated rings. The van der Waals surface area contributed by atoms with Crippen LogP contribution in [0, 0.1) is 0 Å². The average molecular weight is 486 g/mol. The molecule has 2 atom stereocenters. The highest BCUT2D eigenvalue weighted by Crippen LogP contribution is 2.29. The molecule has 1 aromatic heterocycles. The molecule has 2 aliphatic heterocycles. The molecule has 2 aromatic carbocycles. The number of hydrogen-bond acceptors (Lipinski definition) is 5. The van der Waals surface area contributed by atoms with Gasteiger partial charge in [0.15, 0.2) is 0 Å². The van der Waals surface area contributed by atoms with Gasteiger partial charge in [-0.25, -0.2) is 4.98 Å². The number of nitrogens with zero attached hydrogens (tertiary/aromatic N) is 3. The highest BCUT2D eigenvalue weighted by atomic mass is 16.5. The molecule has 36 heavy (non-hydrogen) atoms. The molecule has 2 amide bonds. The lowest BCUT2D eigenvalue weighted by molar-refractivity contribution is 0.0194. The van der Waals surface area contributed by atoms with Gasteiger partial charge >= 0.3 is 0 Å². The number of aromatic nitrogens is 1. The lowest BCUT2D eigenvalue weighted by atomic mass is 9.97. The third-order valence-corrected chi connectivity index (χ3v) is 6.94. The van der Waals surface area contributed by atoms with Gasteiger partial charge in [-0.05, 0) is 47.2 Å². The van der Waals surface area contributed by atoms with E-state index in [1.807, 2.05) is 24.3 Å². The van der Waals surface area contributed by atoms with Crippen molar-refractivity contribution in [2.24, 2.45) is 0 Å². The normalized spacial score (nSPS) is 18.6. The van der Waals surface area contributed by atoms with Crippen molar-refractivity contribution < 1.29 is 19.1 Å². The highest BCUT2D eigenvalue weighted by Gasteiger charge is 2.27. The molecule has 5 rings (SSSR count). The molecule has 0 bridgehead atoms. The lowest BCUT2D eigenvalue weighted by Gasteiger charge is -2.30. The number of carbonyl (C=O) groups excluding carboxylic acids is 2. The van der Waals surface area contributed by atoms with E-state index in [1.165, 1.54) is 11.1 Å². The van der Waals surface area contributed by atoms with E-state index < -0.39 is 0 Å². The molecule has 0 N–H and O–H groups in total. The number of benzene rings is 2. The maximum atomic E-state index is 13.2. The topological polar surface area (TPSA) is 72.0 Å². The molecule has 0 saturated heterocycles. The number of hydrogen-bond donors (Lipinski definition) is 0. The minimum Gasteiger partial charge on any atom is -0.371 e. The summed E-state index contributed by atoms with van der Waals surface area (Å²) >= 11 is 0. The van der Waals surface area contributed by atoms with E-state index in [1.54, 1.807) is 42.1 Å². The number of ether oxygens (including phenoxy) is 2. The number of pyridine rings is 1. The minimum absolute atomic E-state index is 0.182. The zero-order valence-corrected chi connectivity index (χ0v) is 20.7. The van der Waals surface area contributed by atoms with E-state index in [0.29, 0.717) is 26.3 Å². The number of likely N-dealkylation sites (N-methyl/N-ethyl adjacent to an activating group) is 2. The van der Waals surface area contributed by atoms with E-state index in [4.69, 9.17) is 9.47 Å². The van der Waals surface area contributed by atoms with Crippen molar-refractivity contribution in [3.8, 4) is 0 Å².